The van der Waals surface area contributed by atoms with E-state index >= 15 is 0 Å². The third-order valence-corrected chi connectivity index (χ3v) is 7.03. The van der Waals surface area contributed by atoms with E-state index in [4.69, 9.17) is 0 Å². The minimum absolute atomic E-state index is 0.0718. The quantitative estimate of drug-likeness (QED) is 0.738. The maximum absolute atomic E-state index is 13.1. The summed E-state index contributed by atoms with van der Waals surface area (Å²) < 4.78 is 0. The molecule has 4 nitrogen and oxygen atoms in total. The van der Waals surface area contributed by atoms with Gasteiger partial charge in [0.1, 0.15) is 0 Å². The number of anilines is 1. The number of hydrogen-bond donors (Lipinski definition) is 1. The normalized spacial score (nSPS) is 30.2. The largest absolute Gasteiger partial charge is 0.324 e. The van der Waals surface area contributed by atoms with Crippen LogP contribution in [0.4, 0.5) is 9.93 Å². The minimum atomic E-state index is 0.0718. The van der Waals surface area contributed by atoms with Crippen LogP contribution in [0.25, 0.3) is 0 Å². The Labute approximate surface area is 156 Å². The average molecular weight is 364 g/mol. The average Bonchev–Trinajstić information content (AvgIpc) is 3.10. The fourth-order valence-corrected chi connectivity index (χ4v) is 5.16. The molecule has 1 heterocycles. The van der Waals surface area contributed by atoms with Gasteiger partial charge in [0.05, 0.1) is 0 Å². The first-order chi connectivity index (χ1) is 12.0. The Morgan fingerprint density at radius 3 is 2.24 bits per heavy atom. The van der Waals surface area contributed by atoms with E-state index in [2.05, 4.69) is 36.0 Å². The summed E-state index contributed by atoms with van der Waals surface area (Å²) in [5.74, 6) is 2.39. The van der Waals surface area contributed by atoms with Crippen molar-refractivity contribution in [2.24, 2.45) is 17.8 Å². The van der Waals surface area contributed by atoms with Crippen molar-refractivity contribution in [1.82, 2.24) is 9.88 Å². The van der Waals surface area contributed by atoms with Crippen LogP contribution in [0.3, 0.4) is 0 Å². The maximum atomic E-state index is 13.1. The molecule has 0 unspecified atom stereocenters. The lowest BCUT2D eigenvalue weighted by Crippen LogP contribution is -2.51. The van der Waals surface area contributed by atoms with Gasteiger partial charge in [-0.25, -0.2) is 9.78 Å². The molecule has 3 rings (SSSR count). The third-order valence-electron chi connectivity index (χ3n) is 6.34. The lowest BCUT2D eigenvalue weighted by atomic mass is 9.78. The molecule has 0 saturated heterocycles. The molecule has 2 fully saturated rings. The highest BCUT2D eigenvalue weighted by Gasteiger charge is 2.35. The number of nitrogens with zero attached hydrogens (tertiary/aromatic N) is 2. The van der Waals surface area contributed by atoms with Gasteiger partial charge in [0.25, 0.3) is 0 Å². The molecule has 2 amide bonds. The van der Waals surface area contributed by atoms with E-state index in [1.807, 2.05) is 5.38 Å². The Hall–Kier alpha value is -1.10. The third kappa shape index (κ3) is 4.75. The van der Waals surface area contributed by atoms with Crippen LogP contribution in [-0.4, -0.2) is 28.0 Å². The zero-order chi connectivity index (χ0) is 17.8. The van der Waals surface area contributed by atoms with Crippen molar-refractivity contribution in [2.45, 2.75) is 84.2 Å². The number of carbonyl (C=O) groups excluding carboxylic acids is 1. The Morgan fingerprint density at radius 1 is 1.12 bits per heavy atom. The number of amides is 2. The first kappa shape index (κ1) is 18.7. The van der Waals surface area contributed by atoms with Gasteiger partial charge >= 0.3 is 6.03 Å². The predicted molar refractivity (Wildman–Crippen MR) is 105 cm³/mol. The summed E-state index contributed by atoms with van der Waals surface area (Å²) in [4.78, 5) is 19.5. The molecule has 0 bridgehead atoms. The SMILES string of the molecule is CC1CCC(N(C(=O)Nc2nccs2)C2CCC(C(C)C)CC2)CC1. The van der Waals surface area contributed by atoms with Crippen molar-refractivity contribution in [2.75, 3.05) is 5.32 Å². The van der Waals surface area contributed by atoms with E-state index < -0.39 is 0 Å². The van der Waals surface area contributed by atoms with Gasteiger partial charge in [-0.15, -0.1) is 11.3 Å². The molecule has 0 radical (unpaired) electrons. The van der Waals surface area contributed by atoms with Crippen LogP contribution in [0.2, 0.25) is 0 Å². The van der Waals surface area contributed by atoms with Crippen LogP contribution in [0.15, 0.2) is 11.6 Å². The van der Waals surface area contributed by atoms with Crippen molar-refractivity contribution in [3.63, 3.8) is 0 Å². The molecule has 2 saturated carbocycles. The van der Waals surface area contributed by atoms with Crippen LogP contribution in [0.5, 0.6) is 0 Å². The lowest BCUT2D eigenvalue weighted by molar-refractivity contribution is 0.0896. The summed E-state index contributed by atoms with van der Waals surface area (Å²) in [6.45, 7) is 7.00. The smallest absolute Gasteiger partial charge is 0.319 e. The second kappa shape index (κ2) is 8.52. The Kier molecular flexibility index (Phi) is 6.37. The Morgan fingerprint density at radius 2 is 1.72 bits per heavy atom. The molecule has 140 valence electrons. The van der Waals surface area contributed by atoms with Crippen molar-refractivity contribution >= 4 is 22.5 Å². The van der Waals surface area contributed by atoms with Crippen LogP contribution in [0.1, 0.15) is 72.1 Å². The van der Waals surface area contributed by atoms with Gasteiger partial charge in [0.15, 0.2) is 5.13 Å². The van der Waals surface area contributed by atoms with E-state index in [1.165, 1.54) is 37.0 Å². The van der Waals surface area contributed by atoms with Gasteiger partial charge in [-0.3, -0.25) is 5.32 Å². The maximum Gasteiger partial charge on any atom is 0.324 e. The number of thiazole rings is 1. The number of hydrogen-bond acceptors (Lipinski definition) is 3. The van der Waals surface area contributed by atoms with Crippen molar-refractivity contribution in [3.05, 3.63) is 11.6 Å². The van der Waals surface area contributed by atoms with Crippen molar-refractivity contribution in [1.29, 1.82) is 0 Å². The van der Waals surface area contributed by atoms with E-state index in [0.29, 0.717) is 12.1 Å². The Bertz CT molecular complexity index is 529. The predicted octanol–water partition coefficient (Wildman–Crippen LogP) is 5.77. The standard InChI is InChI=1S/C20H33N3OS/c1-14(2)16-6-10-18(11-7-16)23(17-8-4-15(3)5-9-17)20(24)22-19-21-12-13-25-19/h12-18H,4-11H2,1-3H3,(H,21,22,24). The molecule has 1 aromatic rings. The molecular formula is C20H33N3OS. The van der Waals surface area contributed by atoms with Gasteiger partial charge in [-0.05, 0) is 69.1 Å². The molecule has 1 aromatic heterocycles. The highest BCUT2D eigenvalue weighted by atomic mass is 32.1. The molecule has 25 heavy (non-hydrogen) atoms. The van der Waals surface area contributed by atoms with E-state index in [-0.39, 0.29) is 6.03 Å². The highest BCUT2D eigenvalue weighted by Crippen LogP contribution is 2.36. The van der Waals surface area contributed by atoms with Gasteiger partial charge < -0.3 is 4.90 Å². The molecule has 2 aliphatic rings. The number of carbonyl (C=O) groups is 1. The van der Waals surface area contributed by atoms with Crippen LogP contribution in [-0.2, 0) is 0 Å². The molecular weight excluding hydrogens is 330 g/mol. The zero-order valence-electron chi connectivity index (χ0n) is 15.9. The summed E-state index contributed by atoms with van der Waals surface area (Å²) >= 11 is 1.50. The molecule has 2 aliphatic carbocycles. The highest BCUT2D eigenvalue weighted by molar-refractivity contribution is 7.13. The number of nitrogens with one attached hydrogen (secondary N) is 1. The Balaban J connectivity index is 1.69. The van der Waals surface area contributed by atoms with Gasteiger partial charge in [-0.1, -0.05) is 20.8 Å². The topological polar surface area (TPSA) is 45.2 Å². The zero-order valence-corrected chi connectivity index (χ0v) is 16.7. The molecule has 5 heteroatoms. The van der Waals surface area contributed by atoms with Gasteiger partial charge in [-0.2, -0.15) is 0 Å². The van der Waals surface area contributed by atoms with Gasteiger partial charge in [0, 0.05) is 23.7 Å². The van der Waals surface area contributed by atoms with Crippen LogP contribution < -0.4 is 5.32 Å². The summed E-state index contributed by atoms with van der Waals surface area (Å²) in [6.07, 6.45) is 11.4. The molecule has 0 aliphatic heterocycles. The molecule has 0 atom stereocenters. The monoisotopic (exact) mass is 363 g/mol. The summed E-state index contributed by atoms with van der Waals surface area (Å²) in [7, 11) is 0. The summed E-state index contributed by atoms with van der Waals surface area (Å²) in [6, 6.07) is 0.868. The summed E-state index contributed by atoms with van der Waals surface area (Å²) in [5.41, 5.74) is 0. The lowest BCUT2D eigenvalue weighted by Gasteiger charge is -2.44. The van der Waals surface area contributed by atoms with Gasteiger partial charge in [0.2, 0.25) is 0 Å². The van der Waals surface area contributed by atoms with Crippen molar-refractivity contribution in [3.8, 4) is 0 Å². The van der Waals surface area contributed by atoms with Crippen LogP contribution in [0, 0.1) is 17.8 Å². The van der Waals surface area contributed by atoms with Crippen molar-refractivity contribution < 1.29 is 4.79 Å². The molecule has 0 spiro atoms. The van der Waals surface area contributed by atoms with Crippen LogP contribution >= 0.6 is 11.3 Å². The number of urea groups is 1. The fraction of sp³-hybridized carbons (Fsp3) is 0.800. The second-order valence-electron chi connectivity index (χ2n) is 8.40. The number of rotatable bonds is 4. The first-order valence-electron chi connectivity index (χ1n) is 10.0. The molecule has 0 aromatic carbocycles. The van der Waals surface area contributed by atoms with E-state index in [1.54, 1.807) is 6.20 Å². The molecule has 1 N–H and O–H groups in total. The van der Waals surface area contributed by atoms with E-state index in [9.17, 15) is 4.79 Å². The number of aromatic nitrogens is 1. The fourth-order valence-electron chi connectivity index (χ4n) is 4.64. The first-order valence-corrected chi connectivity index (χ1v) is 10.9. The second-order valence-corrected chi connectivity index (χ2v) is 9.30. The van der Waals surface area contributed by atoms with E-state index in [0.717, 1.165) is 48.6 Å². The minimum Gasteiger partial charge on any atom is -0.319 e. The summed E-state index contributed by atoms with van der Waals surface area (Å²) in [5, 5.41) is 5.69.